The molecule has 3 heteroatoms. The molecule has 1 atom stereocenters. The number of hydrogen-bond acceptors (Lipinski definition) is 1. The Hall–Kier alpha value is -0.830. The molecule has 0 fully saturated rings. The van der Waals surface area contributed by atoms with Gasteiger partial charge in [0.2, 0.25) is 0 Å². The zero-order chi connectivity index (χ0) is 15.4. The van der Waals surface area contributed by atoms with Gasteiger partial charge in [-0.1, -0.05) is 58.2 Å². The van der Waals surface area contributed by atoms with E-state index in [0.29, 0.717) is 0 Å². The Balaban J connectivity index is 2.49. The molecule has 0 aliphatic carbocycles. The second-order valence-corrected chi connectivity index (χ2v) is 6.80. The molecular formula is C18H21BrClN. The summed E-state index contributed by atoms with van der Waals surface area (Å²) in [7, 11) is 0. The van der Waals surface area contributed by atoms with Crippen LogP contribution in [0.4, 0.5) is 0 Å². The van der Waals surface area contributed by atoms with Crippen LogP contribution in [0.15, 0.2) is 40.9 Å². The van der Waals surface area contributed by atoms with E-state index in [9.17, 15) is 0 Å². The molecule has 0 bridgehead atoms. The van der Waals surface area contributed by atoms with E-state index in [0.717, 1.165) is 22.5 Å². The largest absolute Gasteiger partial charge is 0.306 e. The molecule has 1 unspecified atom stereocenters. The summed E-state index contributed by atoms with van der Waals surface area (Å²) in [6.45, 7) is 7.45. The zero-order valence-corrected chi connectivity index (χ0v) is 15.1. The van der Waals surface area contributed by atoms with Crippen LogP contribution in [0, 0.1) is 13.8 Å². The molecule has 0 aliphatic heterocycles. The summed E-state index contributed by atoms with van der Waals surface area (Å²) in [6, 6.07) is 12.9. The Kier molecular flexibility index (Phi) is 5.86. The lowest BCUT2D eigenvalue weighted by Crippen LogP contribution is -2.24. The van der Waals surface area contributed by atoms with Crippen molar-refractivity contribution in [2.24, 2.45) is 0 Å². The standard InChI is InChI=1S/C18H21BrClN/c1-4-7-21-18(14-9-15(19)11-16(20)10-14)17-8-12(2)5-6-13(17)3/h5-6,8-11,18,21H,4,7H2,1-3H3. The fourth-order valence-electron chi connectivity index (χ4n) is 2.51. The number of benzene rings is 2. The van der Waals surface area contributed by atoms with E-state index in [-0.39, 0.29) is 6.04 Å². The van der Waals surface area contributed by atoms with Gasteiger partial charge in [-0.15, -0.1) is 0 Å². The molecule has 0 heterocycles. The van der Waals surface area contributed by atoms with Crippen molar-refractivity contribution < 1.29 is 0 Å². The molecule has 21 heavy (non-hydrogen) atoms. The highest BCUT2D eigenvalue weighted by atomic mass is 79.9. The number of aryl methyl sites for hydroxylation is 2. The summed E-state index contributed by atoms with van der Waals surface area (Å²) in [5.41, 5.74) is 5.08. The van der Waals surface area contributed by atoms with E-state index in [1.807, 2.05) is 12.1 Å². The van der Waals surface area contributed by atoms with Crippen molar-refractivity contribution in [3.8, 4) is 0 Å². The first kappa shape index (κ1) is 16.5. The summed E-state index contributed by atoms with van der Waals surface area (Å²) < 4.78 is 1.01. The first-order valence-corrected chi connectivity index (χ1v) is 8.45. The molecule has 0 amide bonds. The minimum Gasteiger partial charge on any atom is -0.306 e. The van der Waals surface area contributed by atoms with Crippen LogP contribution in [0.2, 0.25) is 5.02 Å². The van der Waals surface area contributed by atoms with Crippen molar-refractivity contribution in [3.05, 3.63) is 68.1 Å². The second kappa shape index (κ2) is 7.44. The monoisotopic (exact) mass is 365 g/mol. The molecule has 0 saturated carbocycles. The Labute approximate surface area is 140 Å². The van der Waals surface area contributed by atoms with Crippen molar-refractivity contribution in [1.29, 1.82) is 0 Å². The van der Waals surface area contributed by atoms with Gasteiger partial charge in [-0.3, -0.25) is 0 Å². The fraction of sp³-hybridized carbons (Fsp3) is 0.333. The summed E-state index contributed by atoms with van der Waals surface area (Å²) in [5, 5.41) is 4.40. The van der Waals surface area contributed by atoms with Crippen LogP contribution in [-0.4, -0.2) is 6.54 Å². The van der Waals surface area contributed by atoms with Crippen LogP contribution in [-0.2, 0) is 0 Å². The van der Waals surface area contributed by atoms with Crippen molar-refractivity contribution in [2.45, 2.75) is 33.2 Å². The summed E-state index contributed by atoms with van der Waals surface area (Å²) in [6.07, 6.45) is 1.10. The second-order valence-electron chi connectivity index (χ2n) is 5.45. The van der Waals surface area contributed by atoms with Crippen molar-refractivity contribution in [1.82, 2.24) is 5.32 Å². The van der Waals surface area contributed by atoms with Gasteiger partial charge in [0.15, 0.2) is 0 Å². The molecule has 1 nitrogen and oxygen atoms in total. The third-order valence-electron chi connectivity index (χ3n) is 3.56. The third kappa shape index (κ3) is 4.32. The number of nitrogens with one attached hydrogen (secondary N) is 1. The lowest BCUT2D eigenvalue weighted by atomic mass is 9.93. The van der Waals surface area contributed by atoms with Crippen molar-refractivity contribution in [3.63, 3.8) is 0 Å². The average Bonchev–Trinajstić information content (AvgIpc) is 2.42. The maximum Gasteiger partial charge on any atom is 0.0580 e. The van der Waals surface area contributed by atoms with Crippen LogP contribution in [0.3, 0.4) is 0 Å². The van der Waals surface area contributed by atoms with E-state index in [1.54, 1.807) is 0 Å². The average molecular weight is 367 g/mol. The van der Waals surface area contributed by atoms with E-state index < -0.39 is 0 Å². The Morgan fingerprint density at radius 1 is 1.14 bits per heavy atom. The number of halogens is 2. The summed E-state index contributed by atoms with van der Waals surface area (Å²) in [4.78, 5) is 0. The summed E-state index contributed by atoms with van der Waals surface area (Å²) in [5.74, 6) is 0. The van der Waals surface area contributed by atoms with E-state index in [1.165, 1.54) is 22.3 Å². The first-order valence-electron chi connectivity index (χ1n) is 7.27. The van der Waals surface area contributed by atoms with Gasteiger partial charge in [0.05, 0.1) is 6.04 Å². The molecule has 0 radical (unpaired) electrons. The van der Waals surface area contributed by atoms with Gasteiger partial charge in [0, 0.05) is 9.50 Å². The molecule has 2 rings (SSSR count). The van der Waals surface area contributed by atoms with Crippen molar-refractivity contribution >= 4 is 27.5 Å². The van der Waals surface area contributed by atoms with E-state index >= 15 is 0 Å². The highest BCUT2D eigenvalue weighted by Crippen LogP contribution is 2.30. The number of hydrogen-bond donors (Lipinski definition) is 1. The summed E-state index contributed by atoms with van der Waals surface area (Å²) >= 11 is 9.77. The smallest absolute Gasteiger partial charge is 0.0580 e. The Morgan fingerprint density at radius 2 is 1.90 bits per heavy atom. The van der Waals surface area contributed by atoms with Gasteiger partial charge in [-0.25, -0.2) is 0 Å². The minimum absolute atomic E-state index is 0.167. The Bertz CT molecular complexity index is 604. The topological polar surface area (TPSA) is 12.0 Å². The van der Waals surface area contributed by atoms with Crippen molar-refractivity contribution in [2.75, 3.05) is 6.54 Å². The lowest BCUT2D eigenvalue weighted by Gasteiger charge is -2.22. The van der Waals surface area contributed by atoms with Gasteiger partial charge in [0.1, 0.15) is 0 Å². The molecule has 0 aliphatic rings. The molecule has 1 N–H and O–H groups in total. The van der Waals surface area contributed by atoms with Gasteiger partial charge in [0.25, 0.3) is 0 Å². The van der Waals surface area contributed by atoms with Crippen LogP contribution < -0.4 is 5.32 Å². The van der Waals surface area contributed by atoms with E-state index in [4.69, 9.17) is 11.6 Å². The lowest BCUT2D eigenvalue weighted by molar-refractivity contribution is 0.596. The fourth-order valence-corrected chi connectivity index (χ4v) is 3.40. The molecular weight excluding hydrogens is 346 g/mol. The molecule has 0 spiro atoms. The van der Waals surface area contributed by atoms with Crippen LogP contribution in [0.1, 0.15) is 41.6 Å². The molecule has 2 aromatic rings. The van der Waals surface area contributed by atoms with Gasteiger partial charge in [-0.2, -0.15) is 0 Å². The van der Waals surface area contributed by atoms with Gasteiger partial charge in [-0.05, 0) is 61.7 Å². The number of rotatable bonds is 5. The minimum atomic E-state index is 0.167. The van der Waals surface area contributed by atoms with Gasteiger partial charge < -0.3 is 5.32 Å². The van der Waals surface area contributed by atoms with Crippen LogP contribution >= 0.6 is 27.5 Å². The van der Waals surface area contributed by atoms with Crippen LogP contribution in [0.5, 0.6) is 0 Å². The zero-order valence-electron chi connectivity index (χ0n) is 12.7. The molecule has 0 saturated heterocycles. The highest BCUT2D eigenvalue weighted by Gasteiger charge is 2.16. The molecule has 2 aromatic carbocycles. The SMILES string of the molecule is CCCNC(c1cc(Cl)cc(Br)c1)c1cc(C)ccc1C. The predicted octanol–water partition coefficient (Wildman–Crippen LogP) is 5.81. The molecule has 0 aromatic heterocycles. The third-order valence-corrected chi connectivity index (χ3v) is 4.24. The normalized spacial score (nSPS) is 12.4. The predicted molar refractivity (Wildman–Crippen MR) is 95.2 cm³/mol. The van der Waals surface area contributed by atoms with Gasteiger partial charge >= 0.3 is 0 Å². The maximum absolute atomic E-state index is 6.23. The maximum atomic E-state index is 6.23. The van der Waals surface area contributed by atoms with Crippen LogP contribution in [0.25, 0.3) is 0 Å². The quantitative estimate of drug-likeness (QED) is 0.704. The first-order chi connectivity index (χ1) is 10.0. The van der Waals surface area contributed by atoms with E-state index in [2.05, 4.69) is 66.3 Å². The Morgan fingerprint density at radius 3 is 2.57 bits per heavy atom. The molecule has 112 valence electrons. The highest BCUT2D eigenvalue weighted by molar-refractivity contribution is 9.10.